The number of ether oxygens (including phenoxy) is 3. The zero-order valence-electron chi connectivity index (χ0n) is 8.16. The van der Waals surface area contributed by atoms with E-state index in [1.54, 1.807) is 0 Å². The number of hydrogen-bond donors (Lipinski definition) is 0. The van der Waals surface area contributed by atoms with Crippen molar-refractivity contribution < 1.29 is 14.2 Å². The van der Waals surface area contributed by atoms with Crippen LogP contribution >= 0.6 is 15.9 Å². The van der Waals surface area contributed by atoms with Crippen LogP contribution in [0.2, 0.25) is 0 Å². The van der Waals surface area contributed by atoms with Crippen LogP contribution in [0, 0.1) is 0 Å². The van der Waals surface area contributed by atoms with Crippen molar-refractivity contribution in [2.75, 3.05) is 19.8 Å². The van der Waals surface area contributed by atoms with Crippen LogP contribution in [0.4, 0.5) is 0 Å². The van der Waals surface area contributed by atoms with E-state index in [0.717, 1.165) is 34.6 Å². The molecular formula is C11H11BrO3. The minimum atomic E-state index is 0.249. The summed E-state index contributed by atoms with van der Waals surface area (Å²) in [5, 5.41) is 0. The van der Waals surface area contributed by atoms with Gasteiger partial charge in [-0.1, -0.05) is 0 Å². The van der Waals surface area contributed by atoms with Gasteiger partial charge < -0.3 is 14.2 Å². The Kier molecular flexibility index (Phi) is 2.33. The van der Waals surface area contributed by atoms with Crippen molar-refractivity contribution in [1.82, 2.24) is 0 Å². The molecule has 2 aliphatic rings. The largest absolute Gasteiger partial charge is 0.490 e. The highest BCUT2D eigenvalue weighted by molar-refractivity contribution is 9.10. The van der Waals surface area contributed by atoms with Crippen LogP contribution in [0.5, 0.6) is 11.5 Å². The summed E-state index contributed by atoms with van der Waals surface area (Å²) in [5.74, 6) is 1.64. The molecule has 3 rings (SSSR count). The van der Waals surface area contributed by atoms with E-state index in [2.05, 4.69) is 15.9 Å². The first kappa shape index (κ1) is 9.48. The van der Waals surface area contributed by atoms with Crippen LogP contribution in [-0.4, -0.2) is 19.8 Å². The standard InChI is InChI=1S/C11H11BrO3/c12-8-4-7(10-6-15-10)5-9-11(8)14-3-1-2-13-9/h4-5,10H,1-3,6H2. The average Bonchev–Trinajstić information content (AvgIpc) is 3.04. The Morgan fingerprint density at radius 3 is 2.80 bits per heavy atom. The summed E-state index contributed by atoms with van der Waals surface area (Å²) in [6, 6.07) is 4.06. The van der Waals surface area contributed by atoms with Crippen LogP contribution in [0.3, 0.4) is 0 Å². The number of epoxide rings is 1. The Morgan fingerprint density at radius 1 is 1.20 bits per heavy atom. The van der Waals surface area contributed by atoms with Gasteiger partial charge in [0.2, 0.25) is 0 Å². The molecule has 1 fully saturated rings. The molecule has 0 N–H and O–H groups in total. The minimum absolute atomic E-state index is 0.249. The van der Waals surface area contributed by atoms with Crippen molar-refractivity contribution in [3.8, 4) is 11.5 Å². The van der Waals surface area contributed by atoms with Gasteiger partial charge in [-0.15, -0.1) is 0 Å². The molecule has 0 aromatic heterocycles. The smallest absolute Gasteiger partial charge is 0.175 e. The molecule has 1 aromatic carbocycles. The molecule has 0 bridgehead atoms. The van der Waals surface area contributed by atoms with Gasteiger partial charge in [-0.3, -0.25) is 0 Å². The molecule has 0 aliphatic carbocycles. The predicted octanol–water partition coefficient (Wildman–Crippen LogP) is 2.68. The molecule has 1 unspecified atom stereocenters. The fourth-order valence-electron chi connectivity index (χ4n) is 1.68. The van der Waals surface area contributed by atoms with Crippen LogP contribution in [0.25, 0.3) is 0 Å². The third kappa shape index (κ3) is 1.84. The van der Waals surface area contributed by atoms with Gasteiger partial charge in [-0.05, 0) is 33.6 Å². The second-order valence-electron chi connectivity index (χ2n) is 3.70. The zero-order chi connectivity index (χ0) is 10.3. The van der Waals surface area contributed by atoms with Gasteiger partial charge in [0.25, 0.3) is 0 Å². The van der Waals surface area contributed by atoms with E-state index in [-0.39, 0.29) is 6.10 Å². The van der Waals surface area contributed by atoms with Crippen LogP contribution in [0.15, 0.2) is 16.6 Å². The van der Waals surface area contributed by atoms with Crippen molar-refractivity contribution in [2.45, 2.75) is 12.5 Å². The third-order valence-corrected chi connectivity index (χ3v) is 3.12. The second-order valence-corrected chi connectivity index (χ2v) is 4.56. The van der Waals surface area contributed by atoms with Crippen molar-refractivity contribution in [2.24, 2.45) is 0 Å². The van der Waals surface area contributed by atoms with Crippen LogP contribution in [-0.2, 0) is 4.74 Å². The van der Waals surface area contributed by atoms with Gasteiger partial charge in [0.05, 0.1) is 24.3 Å². The highest BCUT2D eigenvalue weighted by atomic mass is 79.9. The van der Waals surface area contributed by atoms with E-state index >= 15 is 0 Å². The Labute approximate surface area is 96.5 Å². The van der Waals surface area contributed by atoms with E-state index in [4.69, 9.17) is 14.2 Å². The lowest BCUT2D eigenvalue weighted by Gasteiger charge is -2.10. The molecular weight excluding hydrogens is 260 g/mol. The molecule has 3 nitrogen and oxygen atoms in total. The minimum Gasteiger partial charge on any atom is -0.490 e. The Bertz CT molecular complexity index is 388. The molecule has 2 heterocycles. The fraction of sp³-hybridized carbons (Fsp3) is 0.455. The second kappa shape index (κ2) is 3.68. The highest BCUT2D eigenvalue weighted by Gasteiger charge is 2.27. The lowest BCUT2D eigenvalue weighted by molar-refractivity contribution is 0.296. The van der Waals surface area contributed by atoms with Crippen molar-refractivity contribution in [3.05, 3.63) is 22.2 Å². The maximum atomic E-state index is 5.64. The molecule has 15 heavy (non-hydrogen) atoms. The lowest BCUT2D eigenvalue weighted by atomic mass is 10.1. The number of hydrogen-bond acceptors (Lipinski definition) is 3. The summed E-state index contributed by atoms with van der Waals surface area (Å²) in [6.45, 7) is 2.24. The van der Waals surface area contributed by atoms with Gasteiger partial charge in [0.15, 0.2) is 11.5 Å². The Balaban J connectivity index is 2.03. The molecule has 2 aliphatic heterocycles. The van der Waals surface area contributed by atoms with Gasteiger partial charge in [0, 0.05) is 6.42 Å². The quantitative estimate of drug-likeness (QED) is 0.736. The molecule has 0 spiro atoms. The van der Waals surface area contributed by atoms with Crippen molar-refractivity contribution in [1.29, 1.82) is 0 Å². The monoisotopic (exact) mass is 270 g/mol. The molecule has 0 saturated carbocycles. The zero-order valence-corrected chi connectivity index (χ0v) is 9.75. The van der Waals surface area contributed by atoms with Crippen LogP contribution < -0.4 is 9.47 Å². The number of halogens is 1. The summed E-state index contributed by atoms with van der Waals surface area (Å²) in [6.07, 6.45) is 1.18. The molecule has 0 amide bonds. The van der Waals surface area contributed by atoms with Crippen molar-refractivity contribution >= 4 is 15.9 Å². The molecule has 4 heteroatoms. The summed E-state index contributed by atoms with van der Waals surface area (Å²) in [5.41, 5.74) is 1.16. The Hall–Kier alpha value is -0.740. The van der Waals surface area contributed by atoms with Crippen LogP contribution in [0.1, 0.15) is 18.1 Å². The SMILES string of the molecule is Brc1cc(C2CO2)cc2c1OCCCO2. The molecule has 80 valence electrons. The topological polar surface area (TPSA) is 31.0 Å². The molecule has 1 aromatic rings. The number of fused-ring (bicyclic) bond motifs is 1. The summed E-state index contributed by atoms with van der Waals surface area (Å²) in [4.78, 5) is 0. The van der Waals surface area contributed by atoms with E-state index in [1.165, 1.54) is 0 Å². The normalized spacial score (nSPS) is 23.4. The number of benzene rings is 1. The van der Waals surface area contributed by atoms with E-state index in [1.807, 2.05) is 12.1 Å². The maximum absolute atomic E-state index is 5.64. The first-order chi connectivity index (χ1) is 7.34. The average molecular weight is 271 g/mol. The third-order valence-electron chi connectivity index (χ3n) is 2.53. The highest BCUT2D eigenvalue weighted by Crippen LogP contribution is 2.42. The molecule has 0 radical (unpaired) electrons. The summed E-state index contributed by atoms with van der Waals surface area (Å²) < 4.78 is 17.5. The number of rotatable bonds is 1. The van der Waals surface area contributed by atoms with Gasteiger partial charge >= 0.3 is 0 Å². The van der Waals surface area contributed by atoms with Gasteiger partial charge in [-0.2, -0.15) is 0 Å². The molecule has 1 atom stereocenters. The summed E-state index contributed by atoms with van der Waals surface area (Å²) >= 11 is 3.50. The first-order valence-corrected chi connectivity index (χ1v) is 5.84. The first-order valence-electron chi connectivity index (χ1n) is 5.05. The van der Waals surface area contributed by atoms with E-state index < -0.39 is 0 Å². The van der Waals surface area contributed by atoms with Gasteiger partial charge in [0.1, 0.15) is 6.10 Å². The molecule has 1 saturated heterocycles. The Morgan fingerprint density at radius 2 is 2.00 bits per heavy atom. The lowest BCUT2D eigenvalue weighted by Crippen LogP contribution is -1.97. The summed E-state index contributed by atoms with van der Waals surface area (Å²) in [7, 11) is 0. The maximum Gasteiger partial charge on any atom is 0.175 e. The van der Waals surface area contributed by atoms with Gasteiger partial charge in [-0.25, -0.2) is 0 Å². The van der Waals surface area contributed by atoms with E-state index in [0.29, 0.717) is 13.2 Å². The fourth-order valence-corrected chi connectivity index (χ4v) is 2.25. The van der Waals surface area contributed by atoms with Crippen molar-refractivity contribution in [3.63, 3.8) is 0 Å². The predicted molar refractivity (Wildman–Crippen MR) is 58.4 cm³/mol. The van der Waals surface area contributed by atoms with E-state index in [9.17, 15) is 0 Å².